The molecule has 5 heteroatoms. The summed E-state index contributed by atoms with van der Waals surface area (Å²) in [5.74, 6) is 0.776. The summed E-state index contributed by atoms with van der Waals surface area (Å²) in [5, 5.41) is 14.1. The van der Waals surface area contributed by atoms with Crippen molar-refractivity contribution in [2.75, 3.05) is 6.54 Å². The Bertz CT molecular complexity index is 652. The van der Waals surface area contributed by atoms with Crippen molar-refractivity contribution < 1.29 is 14.4 Å². The Morgan fingerprint density at radius 3 is 2.46 bits per heavy atom. The Morgan fingerprint density at radius 1 is 1.25 bits per heavy atom. The van der Waals surface area contributed by atoms with E-state index in [1.807, 2.05) is 44.2 Å². The van der Waals surface area contributed by atoms with E-state index in [4.69, 9.17) is 4.52 Å². The largest absolute Gasteiger partial charge is 0.389 e. The van der Waals surface area contributed by atoms with Crippen LogP contribution in [0.1, 0.15) is 42.8 Å². The summed E-state index contributed by atoms with van der Waals surface area (Å²) < 4.78 is 5.15. The SMILES string of the molecule is Cc1noc(C)c1CCC(=O)N(Cc1ccccc1)CC(C)(C)O. The molecule has 0 atom stereocenters. The molecule has 130 valence electrons. The molecule has 1 amide bonds. The number of hydrogen-bond donors (Lipinski definition) is 1. The minimum atomic E-state index is -0.937. The highest BCUT2D eigenvalue weighted by Crippen LogP contribution is 2.17. The van der Waals surface area contributed by atoms with Gasteiger partial charge < -0.3 is 14.5 Å². The van der Waals surface area contributed by atoms with Gasteiger partial charge in [0.15, 0.2) is 0 Å². The number of nitrogens with zero attached hydrogens (tertiary/aromatic N) is 2. The van der Waals surface area contributed by atoms with Crippen LogP contribution in [0.4, 0.5) is 0 Å². The van der Waals surface area contributed by atoms with Crippen LogP contribution in [0.2, 0.25) is 0 Å². The number of carbonyl (C=O) groups is 1. The van der Waals surface area contributed by atoms with Gasteiger partial charge in [-0.3, -0.25) is 4.79 Å². The fourth-order valence-corrected chi connectivity index (χ4v) is 2.75. The van der Waals surface area contributed by atoms with Crippen LogP contribution in [-0.4, -0.2) is 33.2 Å². The summed E-state index contributed by atoms with van der Waals surface area (Å²) in [4.78, 5) is 14.4. The molecule has 0 radical (unpaired) electrons. The second-order valence-electron chi connectivity index (χ2n) is 6.85. The lowest BCUT2D eigenvalue weighted by Gasteiger charge is -2.29. The molecule has 0 bridgehead atoms. The van der Waals surface area contributed by atoms with Gasteiger partial charge in [-0.2, -0.15) is 0 Å². The summed E-state index contributed by atoms with van der Waals surface area (Å²) >= 11 is 0. The van der Waals surface area contributed by atoms with Gasteiger partial charge in [-0.15, -0.1) is 0 Å². The van der Waals surface area contributed by atoms with Gasteiger partial charge in [0, 0.05) is 25.1 Å². The number of hydrogen-bond acceptors (Lipinski definition) is 4. The minimum absolute atomic E-state index is 0.0148. The Kier molecular flexibility index (Phi) is 5.78. The van der Waals surface area contributed by atoms with E-state index >= 15 is 0 Å². The van der Waals surface area contributed by atoms with E-state index in [2.05, 4.69) is 5.16 Å². The molecule has 1 heterocycles. The summed E-state index contributed by atoms with van der Waals surface area (Å²) in [6.45, 7) is 7.96. The molecule has 2 rings (SSSR count). The van der Waals surface area contributed by atoms with Gasteiger partial charge in [0.2, 0.25) is 5.91 Å². The van der Waals surface area contributed by atoms with Crippen molar-refractivity contribution in [3.8, 4) is 0 Å². The fraction of sp³-hybridized carbons (Fsp3) is 0.474. The first kappa shape index (κ1) is 18.2. The van der Waals surface area contributed by atoms with Crippen molar-refractivity contribution in [1.29, 1.82) is 0 Å². The summed E-state index contributed by atoms with van der Waals surface area (Å²) in [6, 6.07) is 9.82. The van der Waals surface area contributed by atoms with Crippen LogP contribution in [0.25, 0.3) is 0 Å². The maximum Gasteiger partial charge on any atom is 0.223 e. The molecule has 0 aliphatic carbocycles. The average molecular weight is 330 g/mol. The van der Waals surface area contributed by atoms with E-state index < -0.39 is 5.60 Å². The van der Waals surface area contributed by atoms with Crippen molar-refractivity contribution in [2.24, 2.45) is 0 Å². The van der Waals surface area contributed by atoms with Crippen molar-refractivity contribution in [2.45, 2.75) is 52.7 Å². The van der Waals surface area contributed by atoms with Gasteiger partial charge in [-0.25, -0.2) is 0 Å². The molecular formula is C19H26N2O3. The molecule has 0 saturated carbocycles. The third-order valence-electron chi connectivity index (χ3n) is 3.92. The summed E-state index contributed by atoms with van der Waals surface area (Å²) in [5.41, 5.74) is 1.93. The molecule has 0 unspecified atom stereocenters. The van der Waals surface area contributed by atoms with E-state index in [9.17, 15) is 9.90 Å². The molecule has 1 aromatic carbocycles. The zero-order valence-electron chi connectivity index (χ0n) is 14.9. The maximum atomic E-state index is 12.7. The zero-order chi connectivity index (χ0) is 17.7. The monoisotopic (exact) mass is 330 g/mol. The molecule has 5 nitrogen and oxygen atoms in total. The van der Waals surface area contributed by atoms with E-state index in [1.54, 1.807) is 18.7 Å². The number of aliphatic hydroxyl groups is 1. The van der Waals surface area contributed by atoms with Crippen molar-refractivity contribution in [3.63, 3.8) is 0 Å². The van der Waals surface area contributed by atoms with Gasteiger partial charge in [0.25, 0.3) is 0 Å². The Morgan fingerprint density at radius 2 is 1.92 bits per heavy atom. The van der Waals surface area contributed by atoms with Crippen molar-refractivity contribution in [1.82, 2.24) is 10.1 Å². The van der Waals surface area contributed by atoms with Crippen LogP contribution < -0.4 is 0 Å². The zero-order valence-corrected chi connectivity index (χ0v) is 14.9. The number of amides is 1. The standard InChI is InChI=1S/C19H26N2O3/c1-14-17(15(2)24-20-14)10-11-18(22)21(13-19(3,4)23)12-16-8-6-5-7-9-16/h5-9,23H,10-13H2,1-4H3. The normalized spacial score (nSPS) is 11.5. The molecule has 0 aliphatic rings. The average Bonchev–Trinajstić information content (AvgIpc) is 2.83. The van der Waals surface area contributed by atoms with Gasteiger partial charge >= 0.3 is 0 Å². The van der Waals surface area contributed by atoms with Crippen LogP contribution in [0, 0.1) is 13.8 Å². The van der Waals surface area contributed by atoms with E-state index in [0.29, 0.717) is 25.9 Å². The lowest BCUT2D eigenvalue weighted by molar-refractivity contribution is -0.134. The highest BCUT2D eigenvalue weighted by atomic mass is 16.5. The predicted octanol–water partition coefficient (Wildman–Crippen LogP) is 3.02. The molecule has 0 spiro atoms. The Balaban J connectivity index is 2.06. The number of benzene rings is 1. The molecule has 0 fully saturated rings. The van der Waals surface area contributed by atoms with Gasteiger partial charge in [0.05, 0.1) is 11.3 Å². The lowest BCUT2D eigenvalue weighted by Crippen LogP contribution is -2.41. The second kappa shape index (κ2) is 7.62. The molecular weight excluding hydrogens is 304 g/mol. The molecule has 2 aromatic rings. The van der Waals surface area contributed by atoms with Crippen LogP contribution >= 0.6 is 0 Å². The van der Waals surface area contributed by atoms with E-state index in [1.165, 1.54) is 0 Å². The van der Waals surface area contributed by atoms with Crippen LogP contribution in [0.3, 0.4) is 0 Å². The van der Waals surface area contributed by atoms with E-state index in [0.717, 1.165) is 22.6 Å². The smallest absolute Gasteiger partial charge is 0.223 e. The number of carbonyl (C=O) groups excluding carboxylic acids is 1. The quantitative estimate of drug-likeness (QED) is 0.847. The van der Waals surface area contributed by atoms with Crippen LogP contribution in [0.5, 0.6) is 0 Å². The minimum Gasteiger partial charge on any atom is -0.389 e. The highest BCUT2D eigenvalue weighted by molar-refractivity contribution is 5.76. The Hall–Kier alpha value is -2.14. The van der Waals surface area contributed by atoms with Crippen molar-refractivity contribution >= 4 is 5.91 Å². The summed E-state index contributed by atoms with van der Waals surface area (Å²) in [6.07, 6.45) is 0.961. The first-order valence-corrected chi connectivity index (χ1v) is 8.22. The molecule has 0 aliphatic heterocycles. The van der Waals surface area contributed by atoms with Crippen molar-refractivity contribution in [3.05, 3.63) is 52.9 Å². The molecule has 24 heavy (non-hydrogen) atoms. The topological polar surface area (TPSA) is 66.6 Å². The van der Waals surface area contributed by atoms with Gasteiger partial charge in [0.1, 0.15) is 5.76 Å². The molecule has 0 saturated heterocycles. The number of rotatable bonds is 7. The second-order valence-corrected chi connectivity index (χ2v) is 6.85. The van der Waals surface area contributed by atoms with E-state index in [-0.39, 0.29) is 5.91 Å². The number of aryl methyl sites for hydroxylation is 2. The van der Waals surface area contributed by atoms with Crippen LogP contribution in [0.15, 0.2) is 34.9 Å². The summed E-state index contributed by atoms with van der Waals surface area (Å²) in [7, 11) is 0. The fourth-order valence-electron chi connectivity index (χ4n) is 2.75. The van der Waals surface area contributed by atoms with Crippen LogP contribution in [-0.2, 0) is 17.8 Å². The Labute approximate surface area is 143 Å². The third kappa shape index (κ3) is 5.20. The molecule has 1 N–H and O–H groups in total. The third-order valence-corrected chi connectivity index (χ3v) is 3.92. The number of aromatic nitrogens is 1. The predicted molar refractivity (Wildman–Crippen MR) is 92.5 cm³/mol. The maximum absolute atomic E-state index is 12.7. The molecule has 1 aromatic heterocycles. The van der Waals surface area contributed by atoms with Gasteiger partial charge in [-0.05, 0) is 39.7 Å². The highest BCUT2D eigenvalue weighted by Gasteiger charge is 2.23. The first-order chi connectivity index (χ1) is 11.3. The lowest BCUT2D eigenvalue weighted by atomic mass is 10.1. The van der Waals surface area contributed by atoms with Gasteiger partial charge in [-0.1, -0.05) is 35.5 Å². The first-order valence-electron chi connectivity index (χ1n) is 8.22.